The fourth-order valence-electron chi connectivity index (χ4n) is 3.41. The highest BCUT2D eigenvalue weighted by atomic mass is 15.3. The first-order valence-corrected chi connectivity index (χ1v) is 9.94. The molecule has 1 unspecified atom stereocenters. The average Bonchev–Trinajstić information content (AvgIpc) is 3.17. The van der Waals surface area contributed by atoms with Crippen molar-refractivity contribution in [1.29, 1.82) is 0 Å². The van der Waals surface area contributed by atoms with Crippen LogP contribution in [0.25, 0.3) is 5.65 Å². The highest BCUT2D eigenvalue weighted by Gasteiger charge is 2.14. The van der Waals surface area contributed by atoms with E-state index < -0.39 is 0 Å². The summed E-state index contributed by atoms with van der Waals surface area (Å²) in [6, 6.07) is 6.29. The molecule has 0 radical (unpaired) electrons. The molecule has 0 spiro atoms. The van der Waals surface area contributed by atoms with Crippen LogP contribution in [0.15, 0.2) is 35.6 Å². The summed E-state index contributed by atoms with van der Waals surface area (Å²) in [5.74, 6) is 0.845. The van der Waals surface area contributed by atoms with Gasteiger partial charge < -0.3 is 15.0 Å². The predicted octanol–water partition coefficient (Wildman–Crippen LogP) is 2.41. The van der Waals surface area contributed by atoms with Crippen LogP contribution in [0.1, 0.15) is 36.5 Å². The molecule has 0 aliphatic heterocycles. The second-order valence-electron chi connectivity index (χ2n) is 7.23. The first-order chi connectivity index (χ1) is 13.5. The van der Waals surface area contributed by atoms with Crippen molar-refractivity contribution in [3.05, 3.63) is 53.2 Å². The second kappa shape index (κ2) is 8.91. The van der Waals surface area contributed by atoms with E-state index in [2.05, 4.69) is 54.6 Å². The van der Waals surface area contributed by atoms with Gasteiger partial charge in [0.25, 0.3) is 0 Å². The summed E-state index contributed by atoms with van der Waals surface area (Å²) in [4.78, 5) is 9.37. The molecule has 0 saturated carbocycles. The van der Waals surface area contributed by atoms with Crippen molar-refractivity contribution in [3.63, 3.8) is 0 Å². The van der Waals surface area contributed by atoms with Gasteiger partial charge in [-0.05, 0) is 51.8 Å². The lowest BCUT2D eigenvalue weighted by molar-refractivity contribution is 0.635. The molecular weight excluding hydrogens is 350 g/mol. The molecule has 28 heavy (non-hydrogen) atoms. The summed E-state index contributed by atoms with van der Waals surface area (Å²) < 4.78 is 3.99. The zero-order valence-corrected chi connectivity index (χ0v) is 17.5. The van der Waals surface area contributed by atoms with E-state index in [1.165, 1.54) is 11.3 Å². The van der Waals surface area contributed by atoms with Gasteiger partial charge in [0.05, 0.1) is 11.4 Å². The van der Waals surface area contributed by atoms with Gasteiger partial charge in [-0.25, -0.2) is 4.98 Å². The smallest absolute Gasteiger partial charge is 0.191 e. The Morgan fingerprint density at radius 3 is 2.79 bits per heavy atom. The van der Waals surface area contributed by atoms with E-state index in [0.29, 0.717) is 6.54 Å². The molecule has 0 bridgehead atoms. The van der Waals surface area contributed by atoms with E-state index >= 15 is 0 Å². The predicted molar refractivity (Wildman–Crippen MR) is 114 cm³/mol. The number of aromatic nitrogens is 4. The number of nitrogens with one attached hydrogen (secondary N) is 2. The van der Waals surface area contributed by atoms with E-state index in [9.17, 15) is 0 Å². The molecule has 0 aliphatic rings. The first-order valence-electron chi connectivity index (χ1n) is 9.94. The Bertz CT molecular complexity index is 918. The number of rotatable bonds is 7. The minimum Gasteiger partial charge on any atom is -0.357 e. The van der Waals surface area contributed by atoms with Crippen molar-refractivity contribution in [2.75, 3.05) is 13.1 Å². The minimum absolute atomic E-state index is 0.259. The molecule has 3 heterocycles. The molecule has 3 rings (SSSR count). The van der Waals surface area contributed by atoms with Crippen LogP contribution in [0.3, 0.4) is 0 Å². The largest absolute Gasteiger partial charge is 0.357 e. The molecule has 0 fully saturated rings. The number of imidazole rings is 1. The average molecular weight is 382 g/mol. The third-order valence-electron chi connectivity index (χ3n) is 4.95. The van der Waals surface area contributed by atoms with Crippen LogP contribution in [-0.2, 0) is 19.9 Å². The van der Waals surface area contributed by atoms with Gasteiger partial charge in [-0.2, -0.15) is 5.10 Å². The number of hydrogen-bond acceptors (Lipinski definition) is 3. The third kappa shape index (κ3) is 4.71. The van der Waals surface area contributed by atoms with Crippen LogP contribution in [0.2, 0.25) is 0 Å². The molecule has 1 atom stereocenters. The second-order valence-corrected chi connectivity index (χ2v) is 7.23. The summed E-state index contributed by atoms with van der Waals surface area (Å²) in [5, 5.41) is 11.4. The number of guanidine groups is 1. The summed E-state index contributed by atoms with van der Waals surface area (Å²) in [7, 11) is 1.99. The number of pyridine rings is 1. The molecule has 3 aromatic rings. The Hall–Kier alpha value is -2.83. The Balaban J connectivity index is 1.60. The van der Waals surface area contributed by atoms with E-state index in [-0.39, 0.29) is 6.04 Å². The number of nitrogens with zero attached hydrogens (tertiary/aromatic N) is 5. The van der Waals surface area contributed by atoms with Crippen LogP contribution in [-0.4, -0.2) is 44.3 Å². The van der Waals surface area contributed by atoms with Crippen molar-refractivity contribution in [3.8, 4) is 0 Å². The highest BCUT2D eigenvalue weighted by Crippen LogP contribution is 2.14. The molecule has 3 aromatic heterocycles. The lowest BCUT2D eigenvalue weighted by atomic mass is 10.1. The van der Waals surface area contributed by atoms with Gasteiger partial charge in [0.1, 0.15) is 5.65 Å². The van der Waals surface area contributed by atoms with Crippen molar-refractivity contribution in [2.45, 2.75) is 46.6 Å². The fourth-order valence-corrected chi connectivity index (χ4v) is 3.41. The molecule has 7 heteroatoms. The molecule has 0 amide bonds. The van der Waals surface area contributed by atoms with Gasteiger partial charge >= 0.3 is 0 Å². The Morgan fingerprint density at radius 2 is 2.11 bits per heavy atom. The maximum Gasteiger partial charge on any atom is 0.191 e. The van der Waals surface area contributed by atoms with Crippen molar-refractivity contribution in [2.24, 2.45) is 12.0 Å². The van der Waals surface area contributed by atoms with Gasteiger partial charge in [-0.15, -0.1) is 0 Å². The van der Waals surface area contributed by atoms with Crippen LogP contribution < -0.4 is 10.6 Å². The van der Waals surface area contributed by atoms with Crippen LogP contribution in [0, 0.1) is 13.8 Å². The van der Waals surface area contributed by atoms with Crippen LogP contribution in [0.4, 0.5) is 0 Å². The van der Waals surface area contributed by atoms with E-state index in [1.54, 1.807) is 0 Å². The lowest BCUT2D eigenvalue weighted by Gasteiger charge is -2.18. The number of aliphatic imine (C=N–C) groups is 1. The molecule has 2 N–H and O–H groups in total. The van der Waals surface area contributed by atoms with E-state index in [0.717, 1.165) is 42.4 Å². The number of fused-ring (bicyclic) bond motifs is 1. The molecule has 7 nitrogen and oxygen atoms in total. The van der Waals surface area contributed by atoms with Crippen molar-refractivity contribution in [1.82, 2.24) is 29.8 Å². The summed E-state index contributed by atoms with van der Waals surface area (Å²) in [5.41, 5.74) is 5.66. The maximum atomic E-state index is 4.73. The summed E-state index contributed by atoms with van der Waals surface area (Å²) >= 11 is 0. The zero-order chi connectivity index (χ0) is 20.1. The summed E-state index contributed by atoms with van der Waals surface area (Å²) in [6.45, 7) is 9.98. The Kier molecular flexibility index (Phi) is 6.34. The van der Waals surface area contributed by atoms with E-state index in [1.807, 2.05) is 40.5 Å². The van der Waals surface area contributed by atoms with Gasteiger partial charge in [0.2, 0.25) is 0 Å². The minimum atomic E-state index is 0.259. The fraction of sp³-hybridized carbons (Fsp3) is 0.476. The monoisotopic (exact) mass is 381 g/mol. The standard InChI is InChI=1S/C21H31N7/c1-6-22-21(24-15(2)13-19-16(3)26-27(5)17(19)4)23-11-10-18-14-28-12-8-7-9-20(28)25-18/h7-9,12,14-15H,6,10-11,13H2,1-5H3,(H2,22,23,24). The Labute approximate surface area is 166 Å². The topological polar surface area (TPSA) is 71.5 Å². The maximum absolute atomic E-state index is 4.73. The Morgan fingerprint density at radius 1 is 1.29 bits per heavy atom. The molecule has 0 aliphatic carbocycles. The highest BCUT2D eigenvalue weighted by molar-refractivity contribution is 5.80. The normalized spacial score (nSPS) is 13.1. The number of hydrogen-bond donors (Lipinski definition) is 2. The molecule has 0 saturated heterocycles. The van der Waals surface area contributed by atoms with Crippen LogP contribution >= 0.6 is 0 Å². The van der Waals surface area contributed by atoms with Gasteiger partial charge in [-0.1, -0.05) is 6.07 Å². The lowest BCUT2D eigenvalue weighted by Crippen LogP contribution is -2.43. The van der Waals surface area contributed by atoms with Crippen molar-refractivity contribution < 1.29 is 0 Å². The summed E-state index contributed by atoms with van der Waals surface area (Å²) in [6.07, 6.45) is 5.82. The van der Waals surface area contributed by atoms with Crippen LogP contribution in [0.5, 0.6) is 0 Å². The first kappa shape index (κ1) is 19.9. The van der Waals surface area contributed by atoms with E-state index in [4.69, 9.17) is 4.99 Å². The molecule has 0 aromatic carbocycles. The zero-order valence-electron chi connectivity index (χ0n) is 17.5. The SMILES string of the molecule is CCNC(=NCCc1cn2ccccc2n1)NC(C)Cc1c(C)nn(C)c1C. The number of aryl methyl sites for hydroxylation is 2. The van der Waals surface area contributed by atoms with Gasteiger partial charge in [0.15, 0.2) is 5.96 Å². The molecule has 150 valence electrons. The van der Waals surface area contributed by atoms with Crippen molar-refractivity contribution >= 4 is 11.6 Å². The third-order valence-corrected chi connectivity index (χ3v) is 4.95. The molecular formula is C21H31N7. The van der Waals surface area contributed by atoms with Gasteiger partial charge in [-0.3, -0.25) is 9.67 Å². The quantitative estimate of drug-likeness (QED) is 0.487. The van der Waals surface area contributed by atoms with Gasteiger partial charge in [0, 0.05) is 50.7 Å².